The zero-order valence-corrected chi connectivity index (χ0v) is 17.5. The Morgan fingerprint density at radius 1 is 1.19 bits per heavy atom. The van der Waals surface area contributed by atoms with Crippen LogP contribution in [0.25, 0.3) is 0 Å². The summed E-state index contributed by atoms with van der Waals surface area (Å²) in [5.74, 6) is 0.988. The van der Waals surface area contributed by atoms with E-state index >= 15 is 0 Å². The molecular formula is C20H32ClN5O. The van der Waals surface area contributed by atoms with E-state index < -0.39 is 0 Å². The number of guanidine groups is 1. The highest BCUT2D eigenvalue weighted by Crippen LogP contribution is 2.27. The van der Waals surface area contributed by atoms with Gasteiger partial charge < -0.3 is 24.8 Å². The lowest BCUT2D eigenvalue weighted by molar-refractivity contribution is -0.00526. The van der Waals surface area contributed by atoms with Crippen molar-refractivity contribution < 1.29 is 4.74 Å². The van der Waals surface area contributed by atoms with E-state index in [9.17, 15) is 0 Å². The maximum Gasteiger partial charge on any atom is 0.193 e. The fraction of sp³-hybridized carbons (Fsp3) is 0.650. The molecule has 6 nitrogen and oxygen atoms in total. The number of para-hydroxylation sites is 1. The fourth-order valence-corrected chi connectivity index (χ4v) is 4.23. The molecule has 0 amide bonds. The minimum atomic E-state index is 0.133. The molecule has 150 valence electrons. The molecule has 0 aliphatic carbocycles. The van der Waals surface area contributed by atoms with Crippen LogP contribution < -0.4 is 10.2 Å². The van der Waals surface area contributed by atoms with Gasteiger partial charge in [0.1, 0.15) is 0 Å². The van der Waals surface area contributed by atoms with Crippen LogP contribution in [0.5, 0.6) is 0 Å². The molecule has 2 fully saturated rings. The van der Waals surface area contributed by atoms with Crippen LogP contribution in [0.15, 0.2) is 29.3 Å². The number of ether oxygens (including phenoxy) is 1. The van der Waals surface area contributed by atoms with Crippen LogP contribution in [-0.2, 0) is 4.74 Å². The molecule has 2 aliphatic rings. The molecule has 0 spiro atoms. The molecule has 1 aromatic carbocycles. The maximum absolute atomic E-state index is 6.36. The Hall–Kier alpha value is -1.50. The maximum atomic E-state index is 6.36. The van der Waals surface area contributed by atoms with Crippen molar-refractivity contribution in [3.63, 3.8) is 0 Å². The topological polar surface area (TPSA) is 43.3 Å². The zero-order chi connectivity index (χ0) is 19.3. The summed E-state index contributed by atoms with van der Waals surface area (Å²) in [4.78, 5) is 11.6. The molecule has 0 saturated carbocycles. The molecule has 0 unspecified atom stereocenters. The van der Waals surface area contributed by atoms with Gasteiger partial charge in [0.2, 0.25) is 0 Å². The first-order valence-electron chi connectivity index (χ1n) is 9.76. The second-order valence-corrected chi connectivity index (χ2v) is 7.96. The average Bonchev–Trinajstić information content (AvgIpc) is 2.70. The largest absolute Gasteiger partial charge is 0.381 e. The Balaban J connectivity index is 1.57. The third-order valence-corrected chi connectivity index (χ3v) is 6.25. The quantitative estimate of drug-likeness (QED) is 0.627. The first-order valence-corrected chi connectivity index (χ1v) is 10.1. The Morgan fingerprint density at radius 3 is 2.44 bits per heavy atom. The van der Waals surface area contributed by atoms with Gasteiger partial charge in [-0.3, -0.25) is 4.99 Å². The lowest BCUT2D eigenvalue weighted by atomic mass is 9.88. The van der Waals surface area contributed by atoms with Crippen molar-refractivity contribution in [3.05, 3.63) is 29.3 Å². The van der Waals surface area contributed by atoms with Crippen LogP contribution in [0, 0.1) is 0 Å². The lowest BCUT2D eigenvalue weighted by Crippen LogP contribution is -2.59. The molecule has 0 radical (unpaired) electrons. The summed E-state index contributed by atoms with van der Waals surface area (Å²) < 4.78 is 5.58. The summed E-state index contributed by atoms with van der Waals surface area (Å²) in [6.07, 6.45) is 2.09. The highest BCUT2D eigenvalue weighted by atomic mass is 35.5. The van der Waals surface area contributed by atoms with E-state index in [-0.39, 0.29) is 5.54 Å². The van der Waals surface area contributed by atoms with E-state index in [0.717, 1.165) is 75.4 Å². The Labute approximate surface area is 168 Å². The van der Waals surface area contributed by atoms with E-state index in [0.29, 0.717) is 0 Å². The number of likely N-dealkylation sites (N-methyl/N-ethyl adjacent to an activating group) is 1. The summed E-state index contributed by atoms with van der Waals surface area (Å²) in [7, 11) is 6.20. The summed E-state index contributed by atoms with van der Waals surface area (Å²) in [5.41, 5.74) is 1.25. The molecule has 2 heterocycles. The third kappa shape index (κ3) is 4.68. The zero-order valence-electron chi connectivity index (χ0n) is 16.7. The first-order chi connectivity index (χ1) is 13.1. The number of piperazine rings is 1. The van der Waals surface area contributed by atoms with E-state index in [1.54, 1.807) is 0 Å². The van der Waals surface area contributed by atoms with Crippen molar-refractivity contribution in [2.45, 2.75) is 18.4 Å². The van der Waals surface area contributed by atoms with Crippen LogP contribution in [0.4, 0.5) is 5.69 Å². The van der Waals surface area contributed by atoms with Gasteiger partial charge >= 0.3 is 0 Å². The summed E-state index contributed by atoms with van der Waals surface area (Å²) in [6.45, 7) is 6.30. The highest BCUT2D eigenvalue weighted by molar-refractivity contribution is 6.33. The predicted octanol–water partition coefficient (Wildman–Crippen LogP) is 2.15. The van der Waals surface area contributed by atoms with Gasteiger partial charge in [0.15, 0.2) is 5.96 Å². The van der Waals surface area contributed by atoms with E-state index in [2.05, 4.69) is 45.2 Å². The first kappa shape index (κ1) is 20.2. The number of nitrogens with zero attached hydrogens (tertiary/aromatic N) is 4. The second-order valence-electron chi connectivity index (χ2n) is 7.56. The van der Waals surface area contributed by atoms with Crippen LogP contribution in [0.2, 0.25) is 5.02 Å². The van der Waals surface area contributed by atoms with Crippen molar-refractivity contribution in [2.24, 2.45) is 4.99 Å². The number of hydrogen-bond donors (Lipinski definition) is 1. The minimum absolute atomic E-state index is 0.133. The highest BCUT2D eigenvalue weighted by Gasteiger charge is 2.35. The van der Waals surface area contributed by atoms with E-state index in [1.807, 2.05) is 25.2 Å². The number of rotatable bonds is 4. The van der Waals surface area contributed by atoms with Crippen LogP contribution >= 0.6 is 11.6 Å². The van der Waals surface area contributed by atoms with Gasteiger partial charge in [-0.05, 0) is 39.1 Å². The third-order valence-electron chi connectivity index (χ3n) is 5.93. The number of nitrogens with one attached hydrogen (secondary N) is 1. The minimum Gasteiger partial charge on any atom is -0.381 e. The van der Waals surface area contributed by atoms with Crippen molar-refractivity contribution in [1.82, 2.24) is 15.1 Å². The number of anilines is 1. The van der Waals surface area contributed by atoms with Gasteiger partial charge in [0.05, 0.1) is 10.7 Å². The molecule has 1 N–H and O–H groups in total. The number of benzene rings is 1. The molecule has 2 aliphatic heterocycles. The Kier molecular flexibility index (Phi) is 6.84. The van der Waals surface area contributed by atoms with Crippen LogP contribution in [0.3, 0.4) is 0 Å². The van der Waals surface area contributed by atoms with E-state index in [4.69, 9.17) is 16.3 Å². The van der Waals surface area contributed by atoms with Gasteiger partial charge in [0.25, 0.3) is 0 Å². The fourth-order valence-electron chi connectivity index (χ4n) is 3.98. The number of hydrogen-bond acceptors (Lipinski definition) is 4. The smallest absolute Gasteiger partial charge is 0.193 e. The van der Waals surface area contributed by atoms with Crippen molar-refractivity contribution >= 4 is 23.2 Å². The van der Waals surface area contributed by atoms with Gasteiger partial charge in [-0.15, -0.1) is 0 Å². The lowest BCUT2D eigenvalue weighted by Gasteiger charge is -2.44. The molecule has 0 atom stereocenters. The summed E-state index contributed by atoms with van der Waals surface area (Å²) in [6, 6.07) is 8.07. The van der Waals surface area contributed by atoms with Gasteiger partial charge in [0, 0.05) is 58.5 Å². The molecule has 0 aromatic heterocycles. The molecule has 7 heteroatoms. The predicted molar refractivity (Wildman–Crippen MR) is 113 cm³/mol. The Bertz CT molecular complexity index is 637. The standard InChI is InChI=1S/C20H32ClN5O/c1-22-19(23-16-20(24(2)3)8-14-27-15-9-20)26-12-10-25(11-13-26)18-7-5-4-6-17(18)21/h4-7H,8-16H2,1-3H3,(H,22,23). The molecule has 27 heavy (non-hydrogen) atoms. The average molecular weight is 394 g/mol. The normalized spacial score (nSPS) is 20.9. The summed E-state index contributed by atoms with van der Waals surface area (Å²) in [5, 5.41) is 4.45. The van der Waals surface area contributed by atoms with Gasteiger partial charge in [-0.1, -0.05) is 23.7 Å². The van der Waals surface area contributed by atoms with Crippen molar-refractivity contribution in [2.75, 3.05) is 72.0 Å². The number of halogens is 1. The second kappa shape index (κ2) is 9.13. The van der Waals surface area contributed by atoms with Crippen LogP contribution in [-0.4, -0.2) is 88.4 Å². The Morgan fingerprint density at radius 2 is 1.85 bits per heavy atom. The van der Waals surface area contributed by atoms with Gasteiger partial charge in [-0.25, -0.2) is 0 Å². The van der Waals surface area contributed by atoms with Gasteiger partial charge in [-0.2, -0.15) is 0 Å². The van der Waals surface area contributed by atoms with E-state index in [1.165, 1.54) is 0 Å². The molecule has 3 rings (SSSR count). The monoisotopic (exact) mass is 393 g/mol. The molecule has 2 saturated heterocycles. The SMILES string of the molecule is CN=C(NCC1(N(C)C)CCOCC1)N1CCN(c2ccccc2Cl)CC1. The van der Waals surface area contributed by atoms with Crippen molar-refractivity contribution in [1.29, 1.82) is 0 Å². The molecule has 0 bridgehead atoms. The van der Waals surface area contributed by atoms with Crippen molar-refractivity contribution in [3.8, 4) is 0 Å². The number of aliphatic imine (C=N–C) groups is 1. The molecule has 1 aromatic rings. The molecular weight excluding hydrogens is 362 g/mol. The van der Waals surface area contributed by atoms with Crippen LogP contribution in [0.1, 0.15) is 12.8 Å². The summed E-state index contributed by atoms with van der Waals surface area (Å²) >= 11 is 6.36.